The summed E-state index contributed by atoms with van der Waals surface area (Å²) in [7, 11) is 0.244. The summed E-state index contributed by atoms with van der Waals surface area (Å²) in [5.41, 5.74) is -0.953. The largest absolute Gasteiger partial charge is 0.387 e. The molecule has 19 heavy (non-hydrogen) atoms. The van der Waals surface area contributed by atoms with Gasteiger partial charge in [-0.3, -0.25) is 0 Å². The minimum atomic E-state index is -3.49. The van der Waals surface area contributed by atoms with Gasteiger partial charge in [-0.15, -0.1) is 0 Å². The molecule has 0 aromatic heterocycles. The molecule has 1 heterocycles. The number of rotatable bonds is 4. The second-order valence-electron chi connectivity index (χ2n) is 5.36. The van der Waals surface area contributed by atoms with Crippen LogP contribution in [0.1, 0.15) is 6.42 Å². The van der Waals surface area contributed by atoms with E-state index in [2.05, 4.69) is 0 Å². The lowest BCUT2D eigenvalue weighted by Crippen LogP contribution is -2.43. The zero-order valence-corrected chi connectivity index (χ0v) is 12.1. The van der Waals surface area contributed by atoms with Crippen molar-refractivity contribution in [2.75, 3.05) is 33.7 Å². The van der Waals surface area contributed by atoms with Gasteiger partial charge in [0.1, 0.15) is 0 Å². The van der Waals surface area contributed by atoms with Crippen molar-refractivity contribution in [3.8, 4) is 0 Å². The number of sulfonamides is 1. The Morgan fingerprint density at radius 3 is 2.53 bits per heavy atom. The van der Waals surface area contributed by atoms with Gasteiger partial charge in [0.15, 0.2) is 0 Å². The van der Waals surface area contributed by atoms with Crippen molar-refractivity contribution in [2.24, 2.45) is 0 Å². The van der Waals surface area contributed by atoms with Gasteiger partial charge in [0.05, 0.1) is 10.5 Å². The van der Waals surface area contributed by atoms with E-state index in [1.165, 1.54) is 4.31 Å². The Morgan fingerprint density at radius 2 is 1.95 bits per heavy atom. The summed E-state index contributed by atoms with van der Waals surface area (Å²) in [6.45, 7) is 0.984. The topological polar surface area (TPSA) is 60.9 Å². The standard InChI is InChI=1S/C13H20N2O3S/c1-14(2)10-13(16)8-9-15(11-13)19(17,18)12-6-4-3-5-7-12/h3-7,16H,8-11H2,1-2H3/t13-/m1/s1. The van der Waals surface area contributed by atoms with E-state index in [1.807, 2.05) is 19.0 Å². The number of nitrogens with zero attached hydrogens (tertiary/aromatic N) is 2. The zero-order valence-electron chi connectivity index (χ0n) is 11.3. The summed E-state index contributed by atoms with van der Waals surface area (Å²) >= 11 is 0. The molecule has 6 heteroatoms. The average molecular weight is 284 g/mol. The van der Waals surface area contributed by atoms with Crippen LogP contribution in [0.4, 0.5) is 0 Å². The lowest BCUT2D eigenvalue weighted by atomic mass is 10.0. The van der Waals surface area contributed by atoms with Gasteiger partial charge in [-0.25, -0.2) is 8.42 Å². The fourth-order valence-electron chi connectivity index (χ4n) is 2.48. The molecule has 0 spiro atoms. The maximum Gasteiger partial charge on any atom is 0.243 e. The van der Waals surface area contributed by atoms with E-state index in [0.717, 1.165) is 0 Å². The Hall–Kier alpha value is -0.950. The lowest BCUT2D eigenvalue weighted by Gasteiger charge is -2.26. The molecule has 0 bridgehead atoms. The predicted octanol–water partition coefficient (Wildman–Crippen LogP) is 0.374. The summed E-state index contributed by atoms with van der Waals surface area (Å²) < 4.78 is 26.2. The van der Waals surface area contributed by atoms with Crippen molar-refractivity contribution in [2.45, 2.75) is 16.9 Å². The Bertz CT molecular complexity index is 530. The highest BCUT2D eigenvalue weighted by molar-refractivity contribution is 7.89. The van der Waals surface area contributed by atoms with E-state index in [0.29, 0.717) is 19.5 Å². The zero-order chi connectivity index (χ0) is 14.1. The molecule has 0 radical (unpaired) electrons. The molecule has 1 atom stereocenters. The van der Waals surface area contributed by atoms with Crippen LogP contribution in [-0.4, -0.2) is 62.1 Å². The summed E-state index contributed by atoms with van der Waals surface area (Å²) in [6.07, 6.45) is 0.469. The molecule has 106 valence electrons. The van der Waals surface area contributed by atoms with E-state index in [4.69, 9.17) is 0 Å². The van der Waals surface area contributed by atoms with Crippen molar-refractivity contribution >= 4 is 10.0 Å². The first-order valence-corrected chi connectivity index (χ1v) is 7.70. The first-order chi connectivity index (χ1) is 8.83. The van der Waals surface area contributed by atoms with Gasteiger partial charge in [0.25, 0.3) is 0 Å². The Balaban J connectivity index is 2.17. The van der Waals surface area contributed by atoms with E-state index in [-0.39, 0.29) is 11.4 Å². The molecule has 1 aromatic rings. The molecule has 2 rings (SSSR count). The number of β-amino-alcohol motifs (C(OH)–C–C–N with tert-alkyl or cyclic N) is 1. The van der Waals surface area contributed by atoms with Crippen molar-refractivity contribution in [3.05, 3.63) is 30.3 Å². The molecule has 0 amide bonds. The van der Waals surface area contributed by atoms with Crippen LogP contribution in [0.5, 0.6) is 0 Å². The Morgan fingerprint density at radius 1 is 1.32 bits per heavy atom. The summed E-state index contributed by atoms with van der Waals surface area (Å²) in [6, 6.07) is 8.35. The van der Waals surface area contributed by atoms with Crippen LogP contribution < -0.4 is 0 Å². The molecule has 1 aliphatic rings. The highest BCUT2D eigenvalue weighted by Crippen LogP contribution is 2.27. The smallest absolute Gasteiger partial charge is 0.243 e. The van der Waals surface area contributed by atoms with Crippen molar-refractivity contribution < 1.29 is 13.5 Å². The van der Waals surface area contributed by atoms with Crippen molar-refractivity contribution in [1.82, 2.24) is 9.21 Å². The highest BCUT2D eigenvalue weighted by atomic mass is 32.2. The SMILES string of the molecule is CN(C)C[C@]1(O)CCN(S(=O)(=O)c2ccccc2)C1. The van der Waals surface area contributed by atoms with Crippen molar-refractivity contribution in [3.63, 3.8) is 0 Å². The second-order valence-corrected chi connectivity index (χ2v) is 7.30. The van der Waals surface area contributed by atoms with Crippen molar-refractivity contribution in [1.29, 1.82) is 0 Å². The minimum absolute atomic E-state index is 0.155. The average Bonchev–Trinajstić information content (AvgIpc) is 2.72. The van der Waals surface area contributed by atoms with Gasteiger partial charge < -0.3 is 10.0 Å². The molecule has 0 aliphatic carbocycles. The van der Waals surface area contributed by atoms with Gasteiger partial charge in [-0.05, 0) is 32.6 Å². The van der Waals surface area contributed by atoms with Crippen LogP contribution in [0, 0.1) is 0 Å². The normalized spacial score (nSPS) is 25.1. The van der Waals surface area contributed by atoms with Gasteiger partial charge in [-0.1, -0.05) is 18.2 Å². The Kier molecular flexibility index (Phi) is 3.96. The number of benzene rings is 1. The van der Waals surface area contributed by atoms with E-state index >= 15 is 0 Å². The maximum atomic E-state index is 12.4. The van der Waals surface area contributed by atoms with Crippen LogP contribution in [0.25, 0.3) is 0 Å². The molecule has 1 aliphatic heterocycles. The third-order valence-electron chi connectivity index (χ3n) is 3.29. The monoisotopic (exact) mass is 284 g/mol. The predicted molar refractivity (Wildman–Crippen MR) is 73.3 cm³/mol. The van der Waals surface area contributed by atoms with Crippen LogP contribution >= 0.6 is 0 Å². The third kappa shape index (κ3) is 3.14. The van der Waals surface area contributed by atoms with Crippen LogP contribution in [0.3, 0.4) is 0 Å². The first kappa shape index (κ1) is 14.5. The first-order valence-electron chi connectivity index (χ1n) is 6.26. The molecule has 0 saturated carbocycles. The second kappa shape index (κ2) is 5.20. The van der Waals surface area contributed by atoms with E-state index in [9.17, 15) is 13.5 Å². The van der Waals surface area contributed by atoms with Crippen LogP contribution in [0.2, 0.25) is 0 Å². The Labute approximate surface area is 114 Å². The summed E-state index contributed by atoms with van der Waals surface area (Å²) in [4.78, 5) is 2.16. The molecule has 1 N–H and O–H groups in total. The quantitative estimate of drug-likeness (QED) is 0.868. The minimum Gasteiger partial charge on any atom is -0.387 e. The molecule has 1 aromatic carbocycles. The van der Waals surface area contributed by atoms with Crippen LogP contribution in [0.15, 0.2) is 35.2 Å². The van der Waals surface area contributed by atoms with E-state index < -0.39 is 15.6 Å². The number of aliphatic hydroxyl groups is 1. The van der Waals surface area contributed by atoms with Crippen LogP contribution in [-0.2, 0) is 10.0 Å². The fraction of sp³-hybridized carbons (Fsp3) is 0.538. The van der Waals surface area contributed by atoms with Gasteiger partial charge in [-0.2, -0.15) is 4.31 Å². The van der Waals surface area contributed by atoms with Gasteiger partial charge >= 0.3 is 0 Å². The van der Waals surface area contributed by atoms with Gasteiger partial charge in [0.2, 0.25) is 10.0 Å². The molecular formula is C13H20N2O3S. The molecule has 0 unspecified atom stereocenters. The van der Waals surface area contributed by atoms with Gasteiger partial charge in [0, 0.05) is 19.6 Å². The number of hydrogen-bond acceptors (Lipinski definition) is 4. The lowest BCUT2D eigenvalue weighted by molar-refractivity contribution is 0.0302. The molecule has 1 fully saturated rings. The molecule has 5 nitrogen and oxygen atoms in total. The number of hydrogen-bond donors (Lipinski definition) is 1. The molecular weight excluding hydrogens is 264 g/mol. The fourth-order valence-corrected chi connectivity index (χ4v) is 4.02. The summed E-state index contributed by atoms with van der Waals surface area (Å²) in [5, 5.41) is 10.4. The molecule has 1 saturated heterocycles. The number of likely N-dealkylation sites (N-methyl/N-ethyl adjacent to an activating group) is 1. The van der Waals surface area contributed by atoms with E-state index in [1.54, 1.807) is 30.3 Å². The highest BCUT2D eigenvalue weighted by Gasteiger charge is 2.41. The third-order valence-corrected chi connectivity index (χ3v) is 5.15. The maximum absolute atomic E-state index is 12.4. The summed E-state index contributed by atoms with van der Waals surface area (Å²) in [5.74, 6) is 0.